The summed E-state index contributed by atoms with van der Waals surface area (Å²) in [7, 11) is 0. The zero-order valence-electron chi connectivity index (χ0n) is 12.8. The minimum Gasteiger partial charge on any atom is -0.334 e. The molecule has 6 heteroatoms. The maximum absolute atomic E-state index is 12.7. The second kappa shape index (κ2) is 6.08. The van der Waals surface area contributed by atoms with Crippen LogP contribution in [-0.4, -0.2) is 32.1 Å². The normalized spacial score (nSPS) is 18.0. The summed E-state index contributed by atoms with van der Waals surface area (Å²) in [5.74, 6) is 0.0848. The minimum atomic E-state index is 0.0848. The highest BCUT2D eigenvalue weighted by molar-refractivity contribution is 6.31. The van der Waals surface area contributed by atoms with Crippen molar-refractivity contribution < 1.29 is 4.79 Å². The zero-order chi connectivity index (χ0) is 15.7. The molecule has 1 amide bonds. The molecular weight excluding hydrogens is 300 g/mol. The lowest BCUT2D eigenvalue weighted by Gasteiger charge is -2.25. The van der Waals surface area contributed by atoms with Crippen molar-refractivity contribution in [2.45, 2.75) is 39.3 Å². The van der Waals surface area contributed by atoms with Gasteiger partial charge >= 0.3 is 0 Å². The number of carbonyl (C=O) groups is 1. The van der Waals surface area contributed by atoms with E-state index in [0.29, 0.717) is 5.02 Å². The van der Waals surface area contributed by atoms with Crippen molar-refractivity contribution in [3.8, 4) is 0 Å². The zero-order valence-corrected chi connectivity index (χ0v) is 13.5. The van der Waals surface area contributed by atoms with Gasteiger partial charge in [-0.15, -0.1) is 0 Å². The highest BCUT2D eigenvalue weighted by atomic mass is 35.5. The molecule has 0 spiro atoms. The van der Waals surface area contributed by atoms with Crippen LogP contribution in [-0.2, 0) is 11.3 Å². The van der Waals surface area contributed by atoms with Crippen molar-refractivity contribution in [1.29, 1.82) is 0 Å². The molecule has 1 aliphatic rings. The minimum absolute atomic E-state index is 0.0848. The predicted molar refractivity (Wildman–Crippen MR) is 84.6 cm³/mol. The lowest BCUT2D eigenvalue weighted by Crippen LogP contribution is -2.34. The number of hydrogen-bond acceptors (Lipinski definition) is 3. The van der Waals surface area contributed by atoms with Gasteiger partial charge in [-0.2, -0.15) is 5.10 Å². The number of rotatable bonds is 3. The molecule has 3 rings (SSSR count). The maximum atomic E-state index is 12.7. The van der Waals surface area contributed by atoms with Gasteiger partial charge in [-0.25, -0.2) is 0 Å². The Labute approximate surface area is 134 Å². The van der Waals surface area contributed by atoms with Gasteiger partial charge in [-0.1, -0.05) is 11.6 Å². The average Bonchev–Trinajstić information content (AvgIpc) is 3.10. The summed E-state index contributed by atoms with van der Waals surface area (Å²) in [6.07, 6.45) is 5.57. The molecule has 0 aliphatic carbocycles. The predicted octanol–water partition coefficient (Wildman–Crippen LogP) is 2.91. The van der Waals surface area contributed by atoms with E-state index in [1.54, 1.807) is 17.1 Å². The molecule has 0 radical (unpaired) electrons. The monoisotopic (exact) mass is 318 g/mol. The highest BCUT2D eigenvalue weighted by Gasteiger charge is 2.30. The maximum Gasteiger partial charge on any atom is 0.244 e. The van der Waals surface area contributed by atoms with Crippen LogP contribution < -0.4 is 0 Å². The third kappa shape index (κ3) is 2.73. The van der Waals surface area contributed by atoms with E-state index in [0.717, 1.165) is 36.3 Å². The van der Waals surface area contributed by atoms with Crippen LogP contribution in [0.1, 0.15) is 35.8 Å². The van der Waals surface area contributed by atoms with Crippen LogP contribution in [0, 0.1) is 13.8 Å². The first kappa shape index (κ1) is 15.0. The lowest BCUT2D eigenvalue weighted by atomic mass is 10.1. The van der Waals surface area contributed by atoms with Gasteiger partial charge in [0.15, 0.2) is 0 Å². The van der Waals surface area contributed by atoms with Crippen LogP contribution in [0.25, 0.3) is 0 Å². The Kier molecular flexibility index (Phi) is 4.16. The number of aromatic nitrogens is 3. The number of likely N-dealkylation sites (tertiary alicyclic amines) is 1. The molecule has 0 saturated carbocycles. The molecule has 0 N–H and O–H groups in total. The number of aryl methyl sites for hydroxylation is 1. The SMILES string of the molecule is Cc1nn(CC(=O)N2CCCC2c2ccncc2)c(C)c1Cl. The van der Waals surface area contributed by atoms with Crippen molar-refractivity contribution in [2.24, 2.45) is 0 Å². The molecule has 5 nitrogen and oxygen atoms in total. The summed E-state index contributed by atoms with van der Waals surface area (Å²) in [6, 6.07) is 4.11. The molecule has 1 saturated heterocycles. The second-order valence-electron chi connectivity index (χ2n) is 5.67. The number of nitrogens with zero attached hydrogens (tertiary/aromatic N) is 4. The van der Waals surface area contributed by atoms with Crippen LogP contribution in [0.2, 0.25) is 5.02 Å². The third-order valence-corrected chi connectivity index (χ3v) is 4.79. The molecule has 1 aliphatic heterocycles. The Hall–Kier alpha value is -1.88. The lowest BCUT2D eigenvalue weighted by molar-refractivity contribution is -0.133. The molecule has 1 atom stereocenters. The first-order valence-electron chi connectivity index (χ1n) is 7.47. The molecule has 0 aromatic carbocycles. The smallest absolute Gasteiger partial charge is 0.244 e. The largest absolute Gasteiger partial charge is 0.334 e. The van der Waals surface area contributed by atoms with Crippen molar-refractivity contribution in [1.82, 2.24) is 19.7 Å². The summed E-state index contributed by atoms with van der Waals surface area (Å²) in [5.41, 5.74) is 2.75. The standard InChI is InChI=1S/C16H19ClN4O/c1-11-16(17)12(2)21(19-11)10-15(22)20-9-3-4-14(20)13-5-7-18-8-6-13/h5-8,14H,3-4,9-10H2,1-2H3. The van der Waals surface area contributed by atoms with E-state index in [9.17, 15) is 4.79 Å². The Balaban J connectivity index is 1.78. The Morgan fingerprint density at radius 1 is 1.36 bits per heavy atom. The molecule has 3 heterocycles. The third-order valence-electron chi connectivity index (χ3n) is 4.24. The molecule has 2 aromatic rings. The van der Waals surface area contributed by atoms with E-state index in [4.69, 9.17) is 11.6 Å². The van der Waals surface area contributed by atoms with E-state index in [2.05, 4.69) is 10.1 Å². The second-order valence-corrected chi connectivity index (χ2v) is 6.05. The van der Waals surface area contributed by atoms with Gasteiger partial charge in [0.05, 0.1) is 22.5 Å². The van der Waals surface area contributed by atoms with Gasteiger partial charge in [0, 0.05) is 18.9 Å². The topological polar surface area (TPSA) is 51.0 Å². The highest BCUT2D eigenvalue weighted by Crippen LogP contribution is 2.32. The van der Waals surface area contributed by atoms with Crippen molar-refractivity contribution in [2.75, 3.05) is 6.54 Å². The summed E-state index contributed by atoms with van der Waals surface area (Å²) in [5, 5.41) is 4.98. The molecule has 1 fully saturated rings. The number of hydrogen-bond donors (Lipinski definition) is 0. The first-order chi connectivity index (χ1) is 10.6. The van der Waals surface area contributed by atoms with Crippen molar-refractivity contribution in [3.05, 3.63) is 46.5 Å². The molecule has 116 valence electrons. The molecule has 2 aromatic heterocycles. The van der Waals surface area contributed by atoms with Crippen LogP contribution in [0.4, 0.5) is 0 Å². The van der Waals surface area contributed by atoms with Gasteiger partial charge in [0.1, 0.15) is 6.54 Å². The summed E-state index contributed by atoms with van der Waals surface area (Å²) in [6.45, 7) is 4.77. The van der Waals surface area contributed by atoms with E-state index in [-0.39, 0.29) is 18.5 Å². The Bertz CT molecular complexity index is 683. The summed E-state index contributed by atoms with van der Waals surface area (Å²) in [4.78, 5) is 18.7. The first-order valence-corrected chi connectivity index (χ1v) is 7.84. The van der Waals surface area contributed by atoms with Gasteiger partial charge in [0.25, 0.3) is 0 Å². The van der Waals surface area contributed by atoms with E-state index < -0.39 is 0 Å². The molecule has 0 bridgehead atoms. The fourth-order valence-corrected chi connectivity index (χ4v) is 3.18. The average molecular weight is 319 g/mol. The van der Waals surface area contributed by atoms with Gasteiger partial charge in [0.2, 0.25) is 5.91 Å². The van der Waals surface area contributed by atoms with E-state index in [1.165, 1.54) is 0 Å². The van der Waals surface area contributed by atoms with Crippen LogP contribution in [0.15, 0.2) is 24.5 Å². The molecule has 1 unspecified atom stereocenters. The van der Waals surface area contributed by atoms with E-state index >= 15 is 0 Å². The van der Waals surface area contributed by atoms with Gasteiger partial charge in [-0.05, 0) is 44.4 Å². The van der Waals surface area contributed by atoms with Gasteiger partial charge < -0.3 is 4.90 Å². The van der Waals surface area contributed by atoms with Gasteiger partial charge in [-0.3, -0.25) is 14.5 Å². The van der Waals surface area contributed by atoms with Crippen LogP contribution >= 0.6 is 11.6 Å². The quantitative estimate of drug-likeness (QED) is 0.874. The van der Waals surface area contributed by atoms with Crippen LogP contribution in [0.3, 0.4) is 0 Å². The summed E-state index contributed by atoms with van der Waals surface area (Å²) < 4.78 is 1.70. The van der Waals surface area contributed by atoms with Crippen molar-refractivity contribution >= 4 is 17.5 Å². The fraction of sp³-hybridized carbons (Fsp3) is 0.438. The summed E-state index contributed by atoms with van der Waals surface area (Å²) >= 11 is 6.15. The van der Waals surface area contributed by atoms with E-state index in [1.807, 2.05) is 30.9 Å². The molecule has 22 heavy (non-hydrogen) atoms. The fourth-order valence-electron chi connectivity index (χ4n) is 3.05. The number of amides is 1. The number of carbonyl (C=O) groups excluding carboxylic acids is 1. The number of pyridine rings is 1. The van der Waals surface area contributed by atoms with Crippen LogP contribution in [0.5, 0.6) is 0 Å². The Morgan fingerprint density at radius 3 is 2.73 bits per heavy atom. The molecular formula is C16H19ClN4O. The number of halogens is 1. The Morgan fingerprint density at radius 2 is 2.09 bits per heavy atom. The van der Waals surface area contributed by atoms with Crippen molar-refractivity contribution in [3.63, 3.8) is 0 Å².